The van der Waals surface area contributed by atoms with Crippen molar-refractivity contribution in [1.29, 1.82) is 0 Å². The first-order chi connectivity index (χ1) is 9.81. The zero-order valence-electron chi connectivity index (χ0n) is 12.4. The first kappa shape index (κ1) is 15.7. The summed E-state index contributed by atoms with van der Waals surface area (Å²) >= 11 is 0. The molecule has 0 spiro atoms. The highest BCUT2D eigenvalue weighted by Crippen LogP contribution is 2.20. The summed E-state index contributed by atoms with van der Waals surface area (Å²) in [4.78, 5) is 6.08. The number of hydrogen-bond donors (Lipinski definition) is 2. The van der Waals surface area contributed by atoms with Gasteiger partial charge in [0.2, 0.25) is 0 Å². The van der Waals surface area contributed by atoms with Crippen LogP contribution in [0.4, 0.5) is 5.82 Å². The van der Waals surface area contributed by atoms with Gasteiger partial charge in [-0.05, 0) is 46.1 Å². The quantitative estimate of drug-likeness (QED) is 0.812. The predicted octanol–water partition coefficient (Wildman–Crippen LogP) is 0.535. The molecule has 0 radical (unpaired) electrons. The predicted molar refractivity (Wildman–Crippen MR) is 82.6 cm³/mol. The molecule has 0 amide bonds. The minimum absolute atomic E-state index is 0.00481. The van der Waals surface area contributed by atoms with Gasteiger partial charge in [-0.1, -0.05) is 6.07 Å². The van der Waals surface area contributed by atoms with Gasteiger partial charge in [0, 0.05) is 12.2 Å². The van der Waals surface area contributed by atoms with Crippen LogP contribution in [0, 0.1) is 0 Å². The zero-order valence-corrected chi connectivity index (χ0v) is 13.3. The number of fused-ring (bicyclic) bond motifs is 1. The lowest BCUT2D eigenvalue weighted by Crippen LogP contribution is -2.35. The van der Waals surface area contributed by atoms with Crippen LogP contribution in [0.2, 0.25) is 0 Å². The Morgan fingerprint density at radius 3 is 2.81 bits per heavy atom. The molecular formula is C13H21N5O2S. The second-order valence-electron chi connectivity index (χ2n) is 5.35. The van der Waals surface area contributed by atoms with Crippen LogP contribution in [0.15, 0.2) is 29.4 Å². The summed E-state index contributed by atoms with van der Waals surface area (Å²) in [7, 11) is 0.182. The number of aromatic nitrogens is 2. The smallest absolute Gasteiger partial charge is 0.260 e. The van der Waals surface area contributed by atoms with Crippen LogP contribution in [0.1, 0.15) is 13.3 Å². The van der Waals surface area contributed by atoms with Gasteiger partial charge in [0.15, 0.2) is 10.8 Å². The van der Waals surface area contributed by atoms with Crippen molar-refractivity contribution in [3.63, 3.8) is 0 Å². The second-order valence-corrected chi connectivity index (χ2v) is 6.97. The Morgan fingerprint density at radius 1 is 1.43 bits per heavy atom. The highest BCUT2D eigenvalue weighted by atomic mass is 32.2. The van der Waals surface area contributed by atoms with E-state index in [2.05, 4.69) is 9.71 Å². The third-order valence-electron chi connectivity index (χ3n) is 3.13. The lowest BCUT2D eigenvalue weighted by atomic mass is 10.2. The molecule has 0 fully saturated rings. The maximum Gasteiger partial charge on any atom is 0.260 e. The van der Waals surface area contributed by atoms with Crippen molar-refractivity contribution >= 4 is 21.5 Å². The van der Waals surface area contributed by atoms with E-state index in [4.69, 9.17) is 5.73 Å². The van der Waals surface area contributed by atoms with Gasteiger partial charge in [0.25, 0.3) is 10.0 Å². The van der Waals surface area contributed by atoms with Gasteiger partial charge < -0.3 is 10.6 Å². The number of nitrogens with one attached hydrogen (secondary N) is 1. The number of hydrogen-bond acceptors (Lipinski definition) is 5. The van der Waals surface area contributed by atoms with E-state index in [0.29, 0.717) is 12.1 Å². The van der Waals surface area contributed by atoms with Gasteiger partial charge in [0.1, 0.15) is 5.65 Å². The van der Waals surface area contributed by atoms with Gasteiger partial charge in [-0.25, -0.2) is 18.1 Å². The minimum atomic E-state index is -3.71. The monoisotopic (exact) mass is 311 g/mol. The molecule has 2 rings (SSSR count). The Bertz CT molecular complexity index is 723. The number of pyridine rings is 1. The highest BCUT2D eigenvalue weighted by molar-refractivity contribution is 7.89. The molecular weight excluding hydrogens is 290 g/mol. The molecule has 1 unspecified atom stereocenters. The Morgan fingerprint density at radius 2 is 2.14 bits per heavy atom. The van der Waals surface area contributed by atoms with E-state index < -0.39 is 10.0 Å². The van der Waals surface area contributed by atoms with Gasteiger partial charge in [-0.15, -0.1) is 0 Å². The molecule has 0 aromatic carbocycles. The highest BCUT2D eigenvalue weighted by Gasteiger charge is 2.25. The van der Waals surface area contributed by atoms with E-state index in [1.807, 2.05) is 25.9 Å². The Hall–Kier alpha value is -1.64. The first-order valence-corrected chi connectivity index (χ1v) is 8.19. The van der Waals surface area contributed by atoms with E-state index in [1.165, 1.54) is 4.40 Å². The van der Waals surface area contributed by atoms with Crippen molar-refractivity contribution in [1.82, 2.24) is 19.0 Å². The fraction of sp³-hybridized carbons (Fsp3) is 0.462. The molecule has 3 N–H and O–H groups in total. The standard InChI is InChI=1S/C13H21N5O2S/c1-10(7-9-17(2)3)16-21(19,20)13-12(14)15-11-6-4-5-8-18(11)13/h4-6,8,10,16H,7,9,14H2,1-3H3. The number of rotatable bonds is 6. The SMILES string of the molecule is CC(CCN(C)C)NS(=O)(=O)c1c(N)nc2ccccn12. The Kier molecular flexibility index (Phi) is 4.50. The minimum Gasteiger partial charge on any atom is -0.381 e. The van der Waals surface area contributed by atoms with E-state index >= 15 is 0 Å². The van der Waals surface area contributed by atoms with Crippen molar-refractivity contribution < 1.29 is 8.42 Å². The van der Waals surface area contributed by atoms with Crippen molar-refractivity contribution in [2.24, 2.45) is 0 Å². The van der Waals surface area contributed by atoms with E-state index in [-0.39, 0.29) is 16.9 Å². The fourth-order valence-electron chi connectivity index (χ4n) is 2.09. The number of nitrogens with zero attached hydrogens (tertiary/aromatic N) is 3. The molecule has 0 aliphatic heterocycles. The van der Waals surface area contributed by atoms with Gasteiger partial charge in [0.05, 0.1) is 0 Å². The van der Waals surface area contributed by atoms with Gasteiger partial charge in [-0.3, -0.25) is 4.40 Å². The van der Waals surface area contributed by atoms with Crippen molar-refractivity contribution in [3.8, 4) is 0 Å². The maximum absolute atomic E-state index is 12.5. The molecule has 0 aliphatic carbocycles. The van der Waals surface area contributed by atoms with Gasteiger partial charge in [-0.2, -0.15) is 0 Å². The Balaban J connectivity index is 2.28. The molecule has 116 valence electrons. The molecule has 8 heteroatoms. The molecule has 0 saturated carbocycles. The molecule has 1 atom stereocenters. The number of sulfonamides is 1. The van der Waals surface area contributed by atoms with Gasteiger partial charge >= 0.3 is 0 Å². The van der Waals surface area contributed by atoms with Crippen LogP contribution in [0.5, 0.6) is 0 Å². The van der Waals surface area contributed by atoms with E-state index in [0.717, 1.165) is 6.54 Å². The Labute approximate surface area is 124 Å². The summed E-state index contributed by atoms with van der Waals surface area (Å²) in [6.07, 6.45) is 2.35. The van der Waals surface area contributed by atoms with Crippen molar-refractivity contribution in [2.45, 2.75) is 24.4 Å². The third-order valence-corrected chi connectivity index (χ3v) is 4.76. The second kappa shape index (κ2) is 6.00. The number of nitrogens with two attached hydrogens (primary N) is 1. The van der Waals surface area contributed by atoms with Crippen molar-refractivity contribution in [2.75, 3.05) is 26.4 Å². The lowest BCUT2D eigenvalue weighted by Gasteiger charge is -2.16. The third kappa shape index (κ3) is 3.52. The molecule has 7 nitrogen and oxygen atoms in total. The summed E-state index contributed by atoms with van der Waals surface area (Å²) in [5.41, 5.74) is 6.29. The van der Waals surface area contributed by atoms with Crippen LogP contribution in [-0.4, -0.2) is 49.4 Å². The van der Waals surface area contributed by atoms with E-state index in [9.17, 15) is 8.42 Å². The first-order valence-electron chi connectivity index (χ1n) is 6.71. The fourth-order valence-corrected chi connectivity index (χ4v) is 3.58. The summed E-state index contributed by atoms with van der Waals surface area (Å²) in [5.74, 6) is 0.00788. The molecule has 2 aromatic heterocycles. The topological polar surface area (TPSA) is 92.7 Å². The maximum atomic E-state index is 12.5. The summed E-state index contributed by atoms with van der Waals surface area (Å²) in [5, 5.41) is -0.00481. The average molecular weight is 311 g/mol. The van der Waals surface area contributed by atoms with Crippen LogP contribution in [-0.2, 0) is 10.0 Å². The number of nitrogen functional groups attached to an aromatic ring is 1. The molecule has 2 aromatic rings. The molecule has 21 heavy (non-hydrogen) atoms. The lowest BCUT2D eigenvalue weighted by molar-refractivity contribution is 0.379. The average Bonchev–Trinajstić information content (AvgIpc) is 2.72. The molecule has 0 aliphatic rings. The largest absolute Gasteiger partial charge is 0.381 e. The number of imidazole rings is 1. The molecule has 0 bridgehead atoms. The molecule has 2 heterocycles. The molecule has 0 saturated heterocycles. The number of anilines is 1. The van der Waals surface area contributed by atoms with Crippen molar-refractivity contribution in [3.05, 3.63) is 24.4 Å². The zero-order chi connectivity index (χ0) is 15.6. The van der Waals surface area contributed by atoms with Crippen LogP contribution >= 0.6 is 0 Å². The van der Waals surface area contributed by atoms with Crippen LogP contribution in [0.3, 0.4) is 0 Å². The summed E-state index contributed by atoms with van der Waals surface area (Å²) in [6.45, 7) is 2.63. The van der Waals surface area contributed by atoms with Crippen LogP contribution in [0.25, 0.3) is 5.65 Å². The normalized spacial score (nSPS) is 13.9. The summed E-state index contributed by atoms with van der Waals surface area (Å²) < 4.78 is 29.2. The van der Waals surface area contributed by atoms with Crippen LogP contribution < -0.4 is 10.5 Å². The van der Waals surface area contributed by atoms with E-state index in [1.54, 1.807) is 24.4 Å². The summed E-state index contributed by atoms with van der Waals surface area (Å²) in [6, 6.07) is 5.05.